The van der Waals surface area contributed by atoms with Gasteiger partial charge in [0, 0.05) is 29.8 Å². The number of carbonyl (C=O) groups excluding carboxylic acids is 1. The molecule has 0 spiro atoms. The number of aromatic nitrogens is 1. The van der Waals surface area contributed by atoms with E-state index < -0.39 is 0 Å². The maximum Gasteiger partial charge on any atom is 0.259 e. The van der Waals surface area contributed by atoms with Crippen LogP contribution in [-0.2, 0) is 0 Å². The normalized spacial score (nSPS) is 10.7. The van der Waals surface area contributed by atoms with E-state index in [-0.39, 0.29) is 5.91 Å². The molecule has 0 atom stereocenters. The van der Waals surface area contributed by atoms with Crippen LogP contribution in [0.3, 0.4) is 0 Å². The number of carbonyl (C=O) groups is 1. The number of nitrogens with two attached hydrogens (primary N) is 1. The van der Waals surface area contributed by atoms with Gasteiger partial charge in [0.1, 0.15) is 0 Å². The molecule has 1 aromatic heterocycles. The van der Waals surface area contributed by atoms with E-state index >= 15 is 0 Å². The molecule has 1 heterocycles. The predicted molar refractivity (Wildman–Crippen MR) is 116 cm³/mol. The molecule has 0 radical (unpaired) electrons. The third-order valence-electron chi connectivity index (χ3n) is 4.50. The first-order valence-electron chi connectivity index (χ1n) is 9.56. The molecule has 0 bridgehead atoms. The van der Waals surface area contributed by atoms with Crippen molar-refractivity contribution >= 4 is 33.8 Å². The number of thiazole rings is 1. The first kappa shape index (κ1) is 21.2. The van der Waals surface area contributed by atoms with E-state index in [0.29, 0.717) is 10.7 Å². The maximum atomic E-state index is 12.7. The van der Waals surface area contributed by atoms with Crippen molar-refractivity contribution in [3.05, 3.63) is 34.3 Å². The molecular weight excluding hydrogens is 358 g/mol. The first-order valence-corrected chi connectivity index (χ1v) is 10.4. The lowest BCUT2D eigenvalue weighted by Gasteiger charge is -2.13. The molecule has 0 aliphatic heterocycles. The summed E-state index contributed by atoms with van der Waals surface area (Å²) in [4.78, 5) is 18.3. The summed E-state index contributed by atoms with van der Waals surface area (Å²) >= 11 is 1.50. The summed E-state index contributed by atoms with van der Waals surface area (Å²) < 4.78 is 0. The van der Waals surface area contributed by atoms with Gasteiger partial charge in [-0.05, 0) is 51.4 Å². The van der Waals surface area contributed by atoms with Gasteiger partial charge in [-0.2, -0.15) is 0 Å². The Hall–Kier alpha value is -2.12. The highest BCUT2D eigenvalue weighted by atomic mass is 32.1. The number of rotatable bonds is 11. The summed E-state index contributed by atoms with van der Waals surface area (Å²) in [5.74, 6) is -0.142. The van der Waals surface area contributed by atoms with Gasteiger partial charge in [-0.3, -0.25) is 10.1 Å². The smallest absolute Gasteiger partial charge is 0.259 e. The van der Waals surface area contributed by atoms with Crippen LogP contribution in [0.2, 0.25) is 0 Å². The fourth-order valence-electron chi connectivity index (χ4n) is 2.76. The SMILES string of the molecule is CNc1ccc(C(=O)Nc2nc(C)c(C)s2)c(NCCCCCCCN)c1. The number of nitrogens with one attached hydrogen (secondary N) is 3. The minimum Gasteiger partial charge on any atom is -0.388 e. The number of hydrogen-bond donors (Lipinski definition) is 4. The fraction of sp³-hybridized carbons (Fsp3) is 0.500. The summed E-state index contributed by atoms with van der Waals surface area (Å²) in [6.45, 7) is 5.56. The average Bonchev–Trinajstić information content (AvgIpc) is 2.97. The van der Waals surface area contributed by atoms with Crippen molar-refractivity contribution < 1.29 is 4.79 Å². The van der Waals surface area contributed by atoms with E-state index in [4.69, 9.17) is 5.73 Å². The summed E-state index contributed by atoms with van der Waals surface area (Å²) in [6, 6.07) is 5.73. The van der Waals surface area contributed by atoms with Crippen LogP contribution in [0.15, 0.2) is 18.2 Å². The minimum absolute atomic E-state index is 0.142. The third-order valence-corrected chi connectivity index (χ3v) is 5.49. The van der Waals surface area contributed by atoms with Crippen molar-refractivity contribution in [2.24, 2.45) is 5.73 Å². The van der Waals surface area contributed by atoms with Crippen molar-refractivity contribution in [3.63, 3.8) is 0 Å². The van der Waals surface area contributed by atoms with Crippen LogP contribution in [-0.4, -0.2) is 31.0 Å². The van der Waals surface area contributed by atoms with Crippen LogP contribution in [0.5, 0.6) is 0 Å². The van der Waals surface area contributed by atoms with Crippen molar-refractivity contribution in [1.29, 1.82) is 0 Å². The zero-order valence-corrected chi connectivity index (χ0v) is 17.3. The lowest BCUT2D eigenvalue weighted by Crippen LogP contribution is -2.15. The molecule has 0 saturated carbocycles. The lowest BCUT2D eigenvalue weighted by molar-refractivity contribution is 0.102. The second-order valence-electron chi connectivity index (χ2n) is 6.61. The first-order chi connectivity index (χ1) is 13.0. The highest BCUT2D eigenvalue weighted by molar-refractivity contribution is 7.15. The molecule has 2 rings (SSSR count). The molecule has 0 saturated heterocycles. The highest BCUT2D eigenvalue weighted by Crippen LogP contribution is 2.25. The zero-order chi connectivity index (χ0) is 19.6. The molecule has 0 unspecified atom stereocenters. The Morgan fingerprint density at radius 1 is 1.15 bits per heavy atom. The molecule has 2 aromatic rings. The second kappa shape index (κ2) is 10.9. The van der Waals surface area contributed by atoms with Crippen LogP contribution >= 0.6 is 11.3 Å². The summed E-state index contributed by atoms with van der Waals surface area (Å²) in [6.07, 6.45) is 5.72. The van der Waals surface area contributed by atoms with E-state index in [2.05, 4.69) is 20.9 Å². The van der Waals surface area contributed by atoms with E-state index in [1.54, 1.807) is 0 Å². The Morgan fingerprint density at radius 3 is 2.56 bits per heavy atom. The van der Waals surface area contributed by atoms with E-state index in [0.717, 1.165) is 54.3 Å². The van der Waals surface area contributed by atoms with Crippen LogP contribution < -0.4 is 21.7 Å². The molecule has 6 nitrogen and oxygen atoms in total. The molecule has 27 heavy (non-hydrogen) atoms. The molecular formula is C20H31N5OS. The maximum absolute atomic E-state index is 12.7. The number of benzene rings is 1. The number of anilines is 3. The Morgan fingerprint density at radius 2 is 1.89 bits per heavy atom. The number of nitrogens with zero attached hydrogens (tertiary/aromatic N) is 1. The van der Waals surface area contributed by atoms with Crippen molar-refractivity contribution in [1.82, 2.24) is 4.98 Å². The monoisotopic (exact) mass is 389 g/mol. The highest BCUT2D eigenvalue weighted by Gasteiger charge is 2.14. The summed E-state index contributed by atoms with van der Waals surface area (Å²) in [5.41, 5.74) is 8.91. The summed E-state index contributed by atoms with van der Waals surface area (Å²) in [5, 5.41) is 10.1. The van der Waals surface area contributed by atoms with Gasteiger partial charge in [0.25, 0.3) is 5.91 Å². The van der Waals surface area contributed by atoms with E-state index in [1.807, 2.05) is 39.1 Å². The van der Waals surface area contributed by atoms with Crippen LogP contribution in [0.25, 0.3) is 0 Å². The Bertz CT molecular complexity index is 724. The van der Waals surface area contributed by atoms with Crippen molar-refractivity contribution in [2.75, 3.05) is 36.1 Å². The topological polar surface area (TPSA) is 92.1 Å². The number of unbranched alkanes of at least 4 members (excludes halogenated alkanes) is 4. The number of hydrogen-bond acceptors (Lipinski definition) is 6. The fourth-order valence-corrected chi connectivity index (χ4v) is 3.57. The van der Waals surface area contributed by atoms with Gasteiger partial charge in [-0.15, -0.1) is 11.3 Å². The Kier molecular flexibility index (Phi) is 8.54. The lowest BCUT2D eigenvalue weighted by atomic mass is 10.1. The molecule has 5 N–H and O–H groups in total. The van der Waals surface area contributed by atoms with Crippen LogP contribution in [0.4, 0.5) is 16.5 Å². The van der Waals surface area contributed by atoms with Gasteiger partial charge in [-0.25, -0.2) is 4.98 Å². The number of aryl methyl sites for hydroxylation is 2. The molecule has 148 valence electrons. The third kappa shape index (κ3) is 6.52. The Labute approximate surface area is 166 Å². The van der Waals surface area contributed by atoms with E-state index in [9.17, 15) is 4.79 Å². The van der Waals surface area contributed by atoms with Gasteiger partial charge < -0.3 is 16.4 Å². The second-order valence-corrected chi connectivity index (χ2v) is 7.81. The molecule has 7 heteroatoms. The van der Waals surface area contributed by atoms with Crippen LogP contribution in [0.1, 0.15) is 53.0 Å². The van der Waals surface area contributed by atoms with E-state index in [1.165, 1.54) is 24.2 Å². The largest absolute Gasteiger partial charge is 0.388 e. The zero-order valence-electron chi connectivity index (χ0n) is 16.5. The Balaban J connectivity index is 1.99. The average molecular weight is 390 g/mol. The van der Waals surface area contributed by atoms with Crippen molar-refractivity contribution in [2.45, 2.75) is 46.0 Å². The van der Waals surface area contributed by atoms with Crippen molar-refractivity contribution in [3.8, 4) is 0 Å². The standard InChI is InChI=1S/C20H31N5OS/c1-14-15(2)27-20(24-14)25-19(26)17-10-9-16(22-3)13-18(17)23-12-8-6-4-5-7-11-21/h9-10,13,22-23H,4-8,11-12,21H2,1-3H3,(H,24,25,26). The molecule has 1 aromatic carbocycles. The predicted octanol–water partition coefficient (Wildman–Crippen LogP) is 4.38. The quantitative estimate of drug-likeness (QED) is 0.428. The van der Waals surface area contributed by atoms with Gasteiger partial charge in [0.15, 0.2) is 5.13 Å². The number of amides is 1. The molecule has 0 aliphatic rings. The van der Waals surface area contributed by atoms with Gasteiger partial charge >= 0.3 is 0 Å². The minimum atomic E-state index is -0.142. The summed E-state index contributed by atoms with van der Waals surface area (Å²) in [7, 11) is 1.87. The van der Waals surface area contributed by atoms with Gasteiger partial charge in [0.05, 0.1) is 11.3 Å². The molecule has 0 fully saturated rings. The molecule has 0 aliphatic carbocycles. The van der Waals surface area contributed by atoms with Gasteiger partial charge in [0.2, 0.25) is 0 Å². The van der Waals surface area contributed by atoms with Gasteiger partial charge in [-0.1, -0.05) is 19.3 Å². The molecule has 1 amide bonds. The van der Waals surface area contributed by atoms with Crippen LogP contribution in [0, 0.1) is 13.8 Å².